The number of hydrogen-bond donors (Lipinski definition) is 0. The van der Waals surface area contributed by atoms with E-state index >= 15 is 0 Å². The predicted molar refractivity (Wildman–Crippen MR) is 50.5 cm³/mol. The van der Waals surface area contributed by atoms with Crippen molar-refractivity contribution in [1.29, 1.82) is 0 Å². The molecule has 2 saturated heterocycles. The van der Waals surface area contributed by atoms with Crippen LogP contribution >= 0.6 is 35.7 Å². The van der Waals surface area contributed by atoms with E-state index in [9.17, 15) is 0 Å². The average Bonchev–Trinajstić information content (AvgIpc) is 2.27. The minimum absolute atomic E-state index is 0.381. The lowest BCUT2D eigenvalue weighted by molar-refractivity contribution is 0.0793. The molecule has 0 saturated carbocycles. The number of rotatable bonds is 0. The SMILES string of the molecule is S=C1S[C@H]2CCCO[C@@H]2S1. The fourth-order valence-corrected chi connectivity index (χ4v) is 4.43. The van der Waals surface area contributed by atoms with E-state index in [-0.39, 0.29) is 0 Å². The van der Waals surface area contributed by atoms with Gasteiger partial charge in [-0.15, -0.1) is 11.8 Å². The normalized spacial score (nSPS) is 39.8. The maximum atomic E-state index is 5.53. The summed E-state index contributed by atoms with van der Waals surface area (Å²) in [5.41, 5.74) is 0.381. The van der Waals surface area contributed by atoms with Crippen molar-refractivity contribution in [3.8, 4) is 0 Å². The molecule has 2 fully saturated rings. The van der Waals surface area contributed by atoms with E-state index in [1.54, 1.807) is 11.8 Å². The van der Waals surface area contributed by atoms with Gasteiger partial charge in [0.2, 0.25) is 0 Å². The predicted octanol–water partition coefficient (Wildman–Crippen LogP) is 2.26. The van der Waals surface area contributed by atoms with Gasteiger partial charge in [-0.3, -0.25) is 0 Å². The van der Waals surface area contributed by atoms with Crippen molar-refractivity contribution in [2.45, 2.75) is 23.5 Å². The van der Waals surface area contributed by atoms with Crippen LogP contribution in [0.15, 0.2) is 0 Å². The van der Waals surface area contributed by atoms with E-state index in [0.29, 0.717) is 10.7 Å². The quantitative estimate of drug-likeness (QED) is 0.544. The summed E-state index contributed by atoms with van der Waals surface area (Å²) >= 11 is 8.62. The Balaban J connectivity index is 2.04. The summed E-state index contributed by atoms with van der Waals surface area (Å²) in [6.07, 6.45) is 2.49. The molecule has 2 atom stereocenters. The second-order valence-electron chi connectivity index (χ2n) is 2.41. The number of hydrogen-bond acceptors (Lipinski definition) is 4. The molecule has 0 bridgehead atoms. The molecule has 0 spiro atoms. The summed E-state index contributed by atoms with van der Waals surface area (Å²) in [6.45, 7) is 0.928. The fraction of sp³-hybridized carbons (Fsp3) is 0.833. The summed E-state index contributed by atoms with van der Waals surface area (Å²) in [6, 6.07) is 0. The lowest BCUT2D eigenvalue weighted by atomic mass is 10.2. The Bertz CT molecular complexity index is 143. The minimum atomic E-state index is 0.381. The number of thiocarbonyl (C=S) groups is 1. The maximum absolute atomic E-state index is 5.53. The van der Waals surface area contributed by atoms with Gasteiger partial charge in [0.15, 0.2) is 0 Å². The molecule has 0 N–H and O–H groups in total. The molecule has 2 rings (SSSR count). The molecular weight excluding hydrogens is 184 g/mol. The van der Waals surface area contributed by atoms with Gasteiger partial charge in [-0.2, -0.15) is 0 Å². The molecule has 2 heterocycles. The van der Waals surface area contributed by atoms with Gasteiger partial charge in [-0.05, 0) is 12.8 Å². The van der Waals surface area contributed by atoms with Crippen molar-refractivity contribution >= 4 is 39.3 Å². The van der Waals surface area contributed by atoms with E-state index in [4.69, 9.17) is 17.0 Å². The van der Waals surface area contributed by atoms with E-state index in [0.717, 1.165) is 10.1 Å². The van der Waals surface area contributed by atoms with E-state index < -0.39 is 0 Å². The molecule has 4 heteroatoms. The third kappa shape index (κ3) is 1.35. The molecule has 2 aliphatic rings. The first-order valence-corrected chi connectivity index (χ1v) is 5.52. The van der Waals surface area contributed by atoms with Gasteiger partial charge < -0.3 is 4.74 Å². The highest BCUT2D eigenvalue weighted by molar-refractivity contribution is 8.49. The molecule has 0 radical (unpaired) electrons. The highest BCUT2D eigenvalue weighted by atomic mass is 32.2. The van der Waals surface area contributed by atoms with Crippen LogP contribution < -0.4 is 0 Å². The lowest BCUT2D eigenvalue weighted by Crippen LogP contribution is -2.24. The molecular formula is C6H8OS3. The highest BCUT2D eigenvalue weighted by Crippen LogP contribution is 2.44. The van der Waals surface area contributed by atoms with Crippen LogP contribution in [0.5, 0.6) is 0 Å². The Morgan fingerprint density at radius 3 is 3.20 bits per heavy atom. The zero-order chi connectivity index (χ0) is 6.97. The zero-order valence-electron chi connectivity index (χ0n) is 5.41. The van der Waals surface area contributed by atoms with Crippen LogP contribution in [0.1, 0.15) is 12.8 Å². The van der Waals surface area contributed by atoms with Gasteiger partial charge in [0.05, 0.1) is 0 Å². The third-order valence-corrected chi connectivity index (χ3v) is 4.87. The van der Waals surface area contributed by atoms with Crippen LogP contribution in [-0.4, -0.2) is 20.8 Å². The van der Waals surface area contributed by atoms with E-state index in [2.05, 4.69) is 0 Å². The molecule has 0 aromatic rings. The maximum Gasteiger partial charge on any atom is 0.121 e. The average molecular weight is 192 g/mol. The van der Waals surface area contributed by atoms with Crippen molar-refractivity contribution < 1.29 is 4.74 Å². The van der Waals surface area contributed by atoms with Crippen LogP contribution in [0.3, 0.4) is 0 Å². The van der Waals surface area contributed by atoms with E-state index in [1.165, 1.54) is 12.8 Å². The Labute approximate surface area is 74.3 Å². The Kier molecular flexibility index (Phi) is 2.23. The fourth-order valence-electron chi connectivity index (χ4n) is 1.20. The molecule has 56 valence electrons. The molecule has 2 aliphatic heterocycles. The Hall–Kier alpha value is 0.750. The molecule has 0 amide bonds. The van der Waals surface area contributed by atoms with Crippen LogP contribution in [0.4, 0.5) is 0 Å². The largest absolute Gasteiger partial charge is 0.366 e. The number of ether oxygens (including phenoxy) is 1. The van der Waals surface area contributed by atoms with Gasteiger partial charge in [0.25, 0.3) is 0 Å². The first-order valence-electron chi connectivity index (χ1n) is 3.35. The summed E-state index contributed by atoms with van der Waals surface area (Å²) in [5, 5.41) is 0.659. The van der Waals surface area contributed by atoms with Crippen molar-refractivity contribution in [2.75, 3.05) is 6.61 Å². The van der Waals surface area contributed by atoms with Crippen LogP contribution in [-0.2, 0) is 4.74 Å². The Morgan fingerprint density at radius 2 is 2.40 bits per heavy atom. The summed E-state index contributed by atoms with van der Waals surface area (Å²) in [4.78, 5) is 0. The monoisotopic (exact) mass is 192 g/mol. The van der Waals surface area contributed by atoms with Gasteiger partial charge in [-0.1, -0.05) is 24.0 Å². The molecule has 0 aromatic carbocycles. The molecule has 0 aromatic heterocycles. The van der Waals surface area contributed by atoms with Crippen molar-refractivity contribution in [1.82, 2.24) is 0 Å². The minimum Gasteiger partial charge on any atom is -0.366 e. The van der Waals surface area contributed by atoms with Crippen molar-refractivity contribution in [3.63, 3.8) is 0 Å². The first kappa shape index (κ1) is 7.40. The Morgan fingerprint density at radius 1 is 1.50 bits per heavy atom. The van der Waals surface area contributed by atoms with Crippen LogP contribution in [0, 0.1) is 0 Å². The molecule has 10 heavy (non-hydrogen) atoms. The van der Waals surface area contributed by atoms with Crippen LogP contribution in [0.25, 0.3) is 0 Å². The molecule has 0 unspecified atom stereocenters. The number of thioether (sulfide) groups is 2. The zero-order valence-corrected chi connectivity index (χ0v) is 7.86. The van der Waals surface area contributed by atoms with Crippen molar-refractivity contribution in [2.24, 2.45) is 0 Å². The summed E-state index contributed by atoms with van der Waals surface area (Å²) < 4.78 is 6.59. The number of fused-ring (bicyclic) bond motifs is 1. The van der Waals surface area contributed by atoms with Gasteiger partial charge >= 0.3 is 0 Å². The molecule has 0 aliphatic carbocycles. The van der Waals surface area contributed by atoms with E-state index in [1.807, 2.05) is 11.8 Å². The second-order valence-corrected chi connectivity index (χ2v) is 5.95. The first-order chi connectivity index (χ1) is 4.86. The third-order valence-electron chi connectivity index (χ3n) is 1.68. The van der Waals surface area contributed by atoms with Crippen molar-refractivity contribution in [3.05, 3.63) is 0 Å². The lowest BCUT2D eigenvalue weighted by Gasteiger charge is -2.22. The smallest absolute Gasteiger partial charge is 0.121 e. The van der Waals surface area contributed by atoms with Crippen LogP contribution in [0.2, 0.25) is 0 Å². The highest BCUT2D eigenvalue weighted by Gasteiger charge is 2.35. The topological polar surface area (TPSA) is 9.23 Å². The van der Waals surface area contributed by atoms with Gasteiger partial charge in [-0.25, -0.2) is 0 Å². The summed E-state index contributed by atoms with van der Waals surface area (Å²) in [7, 11) is 0. The van der Waals surface area contributed by atoms with Gasteiger partial charge in [0, 0.05) is 11.9 Å². The second kappa shape index (κ2) is 3.01. The summed E-state index contributed by atoms with van der Waals surface area (Å²) in [5.74, 6) is 0. The standard InChI is InChI=1S/C6H8OS3/c8-6-9-4-2-1-3-7-5(4)10-6/h4-5H,1-3H2/t4-,5+/m0/s1. The molecule has 1 nitrogen and oxygen atoms in total. The van der Waals surface area contributed by atoms with Gasteiger partial charge in [0.1, 0.15) is 8.96 Å².